The first kappa shape index (κ1) is 20.8. The first-order valence-corrected chi connectivity index (χ1v) is 11.3. The predicted molar refractivity (Wildman–Crippen MR) is 121 cm³/mol. The van der Waals surface area contributed by atoms with Crippen LogP contribution in [0.5, 0.6) is 0 Å². The van der Waals surface area contributed by atoms with Crippen molar-refractivity contribution in [1.29, 1.82) is 0 Å². The lowest BCUT2D eigenvalue weighted by atomic mass is 10.1. The lowest BCUT2D eigenvalue weighted by Crippen LogP contribution is -2.36. The molecule has 0 spiro atoms. The van der Waals surface area contributed by atoms with Crippen LogP contribution in [0.3, 0.4) is 0 Å². The van der Waals surface area contributed by atoms with Gasteiger partial charge in [0.15, 0.2) is 0 Å². The summed E-state index contributed by atoms with van der Waals surface area (Å²) in [7, 11) is 0. The van der Waals surface area contributed by atoms with Crippen LogP contribution >= 0.6 is 11.3 Å². The van der Waals surface area contributed by atoms with Gasteiger partial charge in [-0.1, -0.05) is 30.3 Å². The lowest BCUT2D eigenvalue weighted by Gasteiger charge is -2.27. The van der Waals surface area contributed by atoms with Crippen molar-refractivity contribution < 1.29 is 9.53 Å². The topological polar surface area (TPSA) is 46.5 Å². The second kappa shape index (κ2) is 9.60. The van der Waals surface area contributed by atoms with Crippen LogP contribution in [-0.4, -0.2) is 41.7 Å². The van der Waals surface area contributed by atoms with Crippen LogP contribution in [0.1, 0.15) is 37.7 Å². The molecule has 0 unspecified atom stereocenters. The van der Waals surface area contributed by atoms with Gasteiger partial charge < -0.3 is 14.6 Å². The fourth-order valence-electron chi connectivity index (χ4n) is 3.99. The fraction of sp³-hybridized carbons (Fsp3) is 0.375. The van der Waals surface area contributed by atoms with Crippen LogP contribution in [0.2, 0.25) is 0 Å². The molecular weight excluding hydrogens is 394 g/mol. The standard InChI is InChI=1S/C24H29N3O2S/c1-18-14-23(19(2)27(18)17-22-8-5-13-30-22)24(28)25-15-20-6-3-4-7-21(20)16-26-9-11-29-12-10-26/h3-8,13-14H,9-12,15-17H2,1-2H3,(H,25,28). The van der Waals surface area contributed by atoms with E-state index >= 15 is 0 Å². The van der Waals surface area contributed by atoms with Gasteiger partial charge in [-0.3, -0.25) is 9.69 Å². The van der Waals surface area contributed by atoms with Gasteiger partial charge in [-0.05, 0) is 42.5 Å². The number of aromatic nitrogens is 1. The van der Waals surface area contributed by atoms with Crippen molar-refractivity contribution in [3.05, 3.63) is 80.8 Å². The van der Waals surface area contributed by atoms with Gasteiger partial charge in [0.1, 0.15) is 0 Å². The zero-order valence-corrected chi connectivity index (χ0v) is 18.5. The minimum absolute atomic E-state index is 0.0123. The van der Waals surface area contributed by atoms with E-state index < -0.39 is 0 Å². The molecule has 6 heteroatoms. The smallest absolute Gasteiger partial charge is 0.253 e. The van der Waals surface area contributed by atoms with Crippen molar-refractivity contribution in [3.63, 3.8) is 0 Å². The average Bonchev–Trinajstić information content (AvgIpc) is 3.37. The number of benzene rings is 1. The third-order valence-corrected chi connectivity index (χ3v) is 6.63. The molecule has 1 amide bonds. The highest BCUT2D eigenvalue weighted by Gasteiger charge is 2.17. The van der Waals surface area contributed by atoms with Gasteiger partial charge in [0.05, 0.1) is 25.3 Å². The number of rotatable bonds is 7. The third-order valence-electron chi connectivity index (χ3n) is 5.77. The summed E-state index contributed by atoms with van der Waals surface area (Å²) in [5.41, 5.74) is 5.32. The van der Waals surface area contributed by atoms with E-state index in [1.165, 1.54) is 16.0 Å². The van der Waals surface area contributed by atoms with Gasteiger partial charge in [-0.15, -0.1) is 11.3 Å². The second-order valence-electron chi connectivity index (χ2n) is 7.79. The first-order valence-electron chi connectivity index (χ1n) is 10.5. The molecule has 5 nitrogen and oxygen atoms in total. The third kappa shape index (κ3) is 4.83. The van der Waals surface area contributed by atoms with E-state index in [0.29, 0.717) is 6.54 Å². The van der Waals surface area contributed by atoms with E-state index in [-0.39, 0.29) is 5.91 Å². The number of hydrogen-bond donors (Lipinski definition) is 1. The molecule has 0 atom stereocenters. The molecular formula is C24H29N3O2S. The number of ether oxygens (including phenoxy) is 1. The highest BCUT2D eigenvalue weighted by molar-refractivity contribution is 7.09. The summed E-state index contributed by atoms with van der Waals surface area (Å²) in [5, 5.41) is 5.23. The summed E-state index contributed by atoms with van der Waals surface area (Å²) in [5.74, 6) is -0.0123. The van der Waals surface area contributed by atoms with Gasteiger partial charge in [0.2, 0.25) is 0 Å². The van der Waals surface area contributed by atoms with Crippen molar-refractivity contribution in [2.24, 2.45) is 0 Å². The van der Waals surface area contributed by atoms with Crippen LogP contribution in [0.25, 0.3) is 0 Å². The summed E-state index contributed by atoms with van der Waals surface area (Å²) in [6.07, 6.45) is 0. The average molecular weight is 424 g/mol. The highest BCUT2D eigenvalue weighted by Crippen LogP contribution is 2.20. The minimum Gasteiger partial charge on any atom is -0.379 e. The summed E-state index contributed by atoms with van der Waals surface area (Å²) in [4.78, 5) is 16.7. The predicted octanol–water partition coefficient (Wildman–Crippen LogP) is 3.98. The molecule has 3 aromatic rings. The van der Waals surface area contributed by atoms with Gasteiger partial charge in [-0.25, -0.2) is 0 Å². The van der Waals surface area contributed by atoms with E-state index in [4.69, 9.17) is 4.74 Å². The second-order valence-corrected chi connectivity index (χ2v) is 8.82. The number of carbonyl (C=O) groups is 1. The lowest BCUT2D eigenvalue weighted by molar-refractivity contribution is 0.0340. The number of carbonyl (C=O) groups excluding carboxylic acids is 1. The van der Waals surface area contributed by atoms with Crippen molar-refractivity contribution in [2.75, 3.05) is 26.3 Å². The van der Waals surface area contributed by atoms with Crippen molar-refractivity contribution in [1.82, 2.24) is 14.8 Å². The van der Waals surface area contributed by atoms with E-state index in [2.05, 4.69) is 57.4 Å². The van der Waals surface area contributed by atoms with E-state index in [1.807, 2.05) is 19.1 Å². The highest BCUT2D eigenvalue weighted by atomic mass is 32.1. The van der Waals surface area contributed by atoms with Gasteiger partial charge in [0, 0.05) is 42.4 Å². The molecule has 1 fully saturated rings. The number of amides is 1. The molecule has 1 aromatic carbocycles. The Morgan fingerprint density at radius 3 is 2.57 bits per heavy atom. The molecule has 1 saturated heterocycles. The molecule has 158 valence electrons. The van der Waals surface area contributed by atoms with Gasteiger partial charge in [-0.2, -0.15) is 0 Å². The Labute approximate surface area is 182 Å². The summed E-state index contributed by atoms with van der Waals surface area (Å²) >= 11 is 1.74. The molecule has 2 aromatic heterocycles. The quantitative estimate of drug-likeness (QED) is 0.625. The van der Waals surface area contributed by atoms with Crippen molar-refractivity contribution in [3.8, 4) is 0 Å². The van der Waals surface area contributed by atoms with Gasteiger partial charge >= 0.3 is 0 Å². The van der Waals surface area contributed by atoms with Crippen molar-refractivity contribution in [2.45, 2.75) is 33.5 Å². The van der Waals surface area contributed by atoms with E-state index in [0.717, 1.165) is 56.3 Å². The van der Waals surface area contributed by atoms with E-state index in [9.17, 15) is 4.79 Å². The van der Waals surface area contributed by atoms with Crippen LogP contribution < -0.4 is 5.32 Å². The number of nitrogens with one attached hydrogen (secondary N) is 1. The number of aryl methyl sites for hydroxylation is 1. The molecule has 0 aliphatic carbocycles. The Balaban J connectivity index is 1.43. The Morgan fingerprint density at radius 1 is 1.07 bits per heavy atom. The monoisotopic (exact) mass is 423 g/mol. The Morgan fingerprint density at radius 2 is 1.83 bits per heavy atom. The molecule has 0 bridgehead atoms. The maximum Gasteiger partial charge on any atom is 0.253 e. The zero-order valence-electron chi connectivity index (χ0n) is 17.7. The van der Waals surface area contributed by atoms with E-state index in [1.54, 1.807) is 11.3 Å². The van der Waals surface area contributed by atoms with Crippen LogP contribution in [0, 0.1) is 13.8 Å². The molecule has 3 heterocycles. The number of hydrogen-bond acceptors (Lipinski definition) is 4. The van der Waals surface area contributed by atoms with Crippen molar-refractivity contribution >= 4 is 17.2 Å². The molecule has 4 rings (SSSR count). The SMILES string of the molecule is Cc1cc(C(=O)NCc2ccccc2CN2CCOCC2)c(C)n1Cc1cccs1. The van der Waals surface area contributed by atoms with Gasteiger partial charge in [0.25, 0.3) is 5.91 Å². The Bertz CT molecular complexity index is 988. The number of nitrogens with zero attached hydrogens (tertiary/aromatic N) is 2. The summed E-state index contributed by atoms with van der Waals surface area (Å²) < 4.78 is 7.67. The minimum atomic E-state index is -0.0123. The van der Waals surface area contributed by atoms with Crippen LogP contribution in [-0.2, 0) is 24.4 Å². The largest absolute Gasteiger partial charge is 0.379 e. The molecule has 0 radical (unpaired) electrons. The zero-order chi connectivity index (χ0) is 20.9. The molecule has 30 heavy (non-hydrogen) atoms. The maximum atomic E-state index is 13.0. The Hall–Kier alpha value is -2.41. The number of thiophene rings is 1. The first-order chi connectivity index (χ1) is 14.6. The molecule has 1 N–H and O–H groups in total. The van der Waals surface area contributed by atoms with Crippen LogP contribution in [0.15, 0.2) is 47.8 Å². The Kier molecular flexibility index (Phi) is 6.67. The maximum absolute atomic E-state index is 13.0. The number of morpholine rings is 1. The van der Waals surface area contributed by atoms with Crippen LogP contribution in [0.4, 0.5) is 0 Å². The molecule has 0 saturated carbocycles. The fourth-order valence-corrected chi connectivity index (χ4v) is 4.68. The molecule has 1 aliphatic rings. The summed E-state index contributed by atoms with van der Waals surface area (Å²) in [6.45, 7) is 9.83. The normalized spacial score (nSPS) is 14.7. The summed E-state index contributed by atoms with van der Waals surface area (Å²) in [6, 6.07) is 14.6. The molecule has 1 aliphatic heterocycles.